The monoisotopic (exact) mass is 385 g/mol. The topological polar surface area (TPSA) is 78.8 Å². The van der Waals surface area contributed by atoms with E-state index in [9.17, 15) is 4.39 Å². The third-order valence-corrected chi connectivity index (χ3v) is 4.79. The lowest BCUT2D eigenvalue weighted by Gasteiger charge is -2.30. The van der Waals surface area contributed by atoms with Crippen molar-refractivity contribution in [3.8, 4) is 0 Å². The third kappa shape index (κ3) is 4.72. The Balaban J connectivity index is 1.54. The van der Waals surface area contributed by atoms with Crippen LogP contribution in [0.1, 0.15) is 24.8 Å². The highest BCUT2D eigenvalue weighted by atomic mass is 19.1. The molecule has 0 radical (unpaired) electrons. The van der Waals surface area contributed by atoms with E-state index in [1.165, 1.54) is 18.6 Å². The molecule has 9 heteroatoms. The number of nitrogens with zero attached hydrogens (tertiary/aromatic N) is 6. The first-order valence-corrected chi connectivity index (χ1v) is 9.66. The normalized spacial score (nSPS) is 17.9. The number of anilines is 3. The summed E-state index contributed by atoms with van der Waals surface area (Å²) in [6.07, 6.45) is 5.14. The number of hydrogen-bond acceptors (Lipinski definition) is 8. The van der Waals surface area contributed by atoms with Gasteiger partial charge < -0.3 is 14.5 Å². The van der Waals surface area contributed by atoms with Gasteiger partial charge in [-0.05, 0) is 37.0 Å². The zero-order valence-electron chi connectivity index (χ0n) is 15.7. The molecule has 0 bridgehead atoms. The summed E-state index contributed by atoms with van der Waals surface area (Å²) in [5, 5.41) is 4.20. The molecule has 2 aliphatic heterocycles. The Morgan fingerprint density at radius 1 is 0.893 bits per heavy atom. The number of nitrogens with one attached hydrogen (secondary N) is 1. The van der Waals surface area contributed by atoms with E-state index < -0.39 is 0 Å². The molecule has 4 rings (SSSR count). The van der Waals surface area contributed by atoms with Crippen molar-refractivity contribution in [2.45, 2.75) is 19.3 Å². The van der Waals surface area contributed by atoms with E-state index in [0.717, 1.165) is 44.6 Å². The van der Waals surface area contributed by atoms with Crippen molar-refractivity contribution in [3.63, 3.8) is 0 Å². The first-order chi connectivity index (χ1) is 13.8. The van der Waals surface area contributed by atoms with Crippen LogP contribution in [0.15, 0.2) is 29.4 Å². The quantitative estimate of drug-likeness (QED) is 0.625. The summed E-state index contributed by atoms with van der Waals surface area (Å²) in [6, 6.07) is 6.11. The van der Waals surface area contributed by atoms with E-state index in [4.69, 9.17) is 9.72 Å². The van der Waals surface area contributed by atoms with Crippen molar-refractivity contribution in [3.05, 3.63) is 35.6 Å². The second kappa shape index (κ2) is 8.92. The minimum Gasteiger partial charge on any atom is -0.378 e. The van der Waals surface area contributed by atoms with E-state index in [-0.39, 0.29) is 5.82 Å². The van der Waals surface area contributed by atoms with Crippen LogP contribution in [-0.2, 0) is 4.74 Å². The fourth-order valence-corrected chi connectivity index (χ4v) is 3.26. The van der Waals surface area contributed by atoms with Gasteiger partial charge in [0.15, 0.2) is 0 Å². The van der Waals surface area contributed by atoms with Crippen LogP contribution in [0.2, 0.25) is 0 Å². The zero-order valence-corrected chi connectivity index (χ0v) is 15.7. The highest BCUT2D eigenvalue weighted by molar-refractivity contribution is 5.79. The molecule has 2 aliphatic rings. The summed E-state index contributed by atoms with van der Waals surface area (Å²) in [7, 11) is 0. The molecular formula is C19H24FN7O. The average molecular weight is 385 g/mol. The SMILES string of the molecule is Fc1ccc(/C=N/Nc2nc(N3CCCCC3)nc(N3CCOCC3)n2)cc1. The average Bonchev–Trinajstić information content (AvgIpc) is 2.76. The molecular weight excluding hydrogens is 361 g/mol. The molecule has 0 atom stereocenters. The Bertz CT molecular complexity index is 766. The minimum atomic E-state index is -0.274. The molecule has 1 aromatic heterocycles. The van der Waals surface area contributed by atoms with Crippen LogP contribution >= 0.6 is 0 Å². The Labute approximate surface area is 163 Å². The largest absolute Gasteiger partial charge is 0.378 e. The highest BCUT2D eigenvalue weighted by Gasteiger charge is 2.20. The van der Waals surface area contributed by atoms with Gasteiger partial charge in [0, 0.05) is 26.2 Å². The lowest BCUT2D eigenvalue weighted by atomic mass is 10.1. The number of morpholine rings is 1. The second-order valence-corrected chi connectivity index (χ2v) is 6.83. The van der Waals surface area contributed by atoms with Crippen molar-refractivity contribution >= 4 is 24.1 Å². The number of benzene rings is 1. The Kier molecular flexibility index (Phi) is 5.91. The van der Waals surface area contributed by atoms with Crippen molar-refractivity contribution in [2.24, 2.45) is 5.10 Å². The lowest BCUT2D eigenvalue weighted by Crippen LogP contribution is -2.38. The molecule has 148 valence electrons. The fourth-order valence-electron chi connectivity index (χ4n) is 3.26. The maximum absolute atomic E-state index is 13.0. The van der Waals surface area contributed by atoms with E-state index in [2.05, 4.69) is 30.3 Å². The Hall–Kier alpha value is -2.81. The van der Waals surface area contributed by atoms with Gasteiger partial charge in [0.25, 0.3) is 0 Å². The van der Waals surface area contributed by atoms with Gasteiger partial charge in [-0.2, -0.15) is 20.1 Å². The van der Waals surface area contributed by atoms with Gasteiger partial charge in [-0.1, -0.05) is 12.1 Å². The first-order valence-electron chi connectivity index (χ1n) is 9.66. The van der Waals surface area contributed by atoms with Crippen molar-refractivity contribution in [1.29, 1.82) is 0 Å². The molecule has 0 saturated carbocycles. The number of halogens is 1. The molecule has 0 aliphatic carbocycles. The molecule has 1 N–H and O–H groups in total. The number of piperidine rings is 1. The third-order valence-electron chi connectivity index (χ3n) is 4.79. The molecule has 0 amide bonds. The van der Waals surface area contributed by atoms with Gasteiger partial charge in [-0.25, -0.2) is 9.82 Å². The van der Waals surface area contributed by atoms with Gasteiger partial charge in [0.05, 0.1) is 19.4 Å². The molecule has 3 heterocycles. The van der Waals surface area contributed by atoms with Crippen LogP contribution in [0.5, 0.6) is 0 Å². The second-order valence-electron chi connectivity index (χ2n) is 6.83. The van der Waals surface area contributed by atoms with E-state index in [1.807, 2.05) is 0 Å². The molecule has 8 nitrogen and oxygen atoms in total. The summed E-state index contributed by atoms with van der Waals surface area (Å²) < 4.78 is 18.4. The number of hydrogen-bond donors (Lipinski definition) is 1. The molecule has 2 saturated heterocycles. The number of aromatic nitrogens is 3. The summed E-state index contributed by atoms with van der Waals surface area (Å²) in [6.45, 7) is 4.73. The fraction of sp³-hybridized carbons (Fsp3) is 0.474. The lowest BCUT2D eigenvalue weighted by molar-refractivity contribution is 0.122. The van der Waals surface area contributed by atoms with E-state index in [1.54, 1.807) is 18.3 Å². The van der Waals surface area contributed by atoms with E-state index >= 15 is 0 Å². The Morgan fingerprint density at radius 2 is 1.54 bits per heavy atom. The van der Waals surface area contributed by atoms with Crippen molar-refractivity contribution in [2.75, 3.05) is 54.6 Å². The molecule has 2 fully saturated rings. The van der Waals surface area contributed by atoms with Crippen LogP contribution in [0, 0.1) is 5.82 Å². The van der Waals surface area contributed by atoms with Gasteiger partial charge in [0.1, 0.15) is 5.82 Å². The van der Waals surface area contributed by atoms with Crippen LogP contribution < -0.4 is 15.2 Å². The number of ether oxygens (including phenoxy) is 1. The first kappa shape index (κ1) is 18.5. The number of rotatable bonds is 5. The van der Waals surface area contributed by atoms with Gasteiger partial charge >= 0.3 is 0 Å². The van der Waals surface area contributed by atoms with Crippen LogP contribution in [0.3, 0.4) is 0 Å². The minimum absolute atomic E-state index is 0.274. The predicted molar refractivity (Wildman–Crippen MR) is 107 cm³/mol. The molecule has 28 heavy (non-hydrogen) atoms. The molecule has 0 unspecified atom stereocenters. The predicted octanol–water partition coefficient (Wildman–Crippen LogP) is 2.28. The van der Waals surface area contributed by atoms with E-state index in [0.29, 0.717) is 31.1 Å². The summed E-state index contributed by atoms with van der Waals surface area (Å²) in [5.41, 5.74) is 3.68. The van der Waals surface area contributed by atoms with Gasteiger partial charge in [-0.3, -0.25) is 0 Å². The maximum atomic E-state index is 13.0. The standard InChI is InChI=1S/C19H24FN7O/c20-16-6-4-15(5-7-16)14-21-25-17-22-18(26-8-2-1-3-9-26)24-19(23-17)27-10-12-28-13-11-27/h4-7,14H,1-3,8-13H2,(H,22,23,24,25)/b21-14+. The summed E-state index contributed by atoms with van der Waals surface area (Å²) >= 11 is 0. The smallest absolute Gasteiger partial charge is 0.250 e. The summed E-state index contributed by atoms with van der Waals surface area (Å²) in [4.78, 5) is 18.1. The van der Waals surface area contributed by atoms with Gasteiger partial charge in [0.2, 0.25) is 17.8 Å². The van der Waals surface area contributed by atoms with Gasteiger partial charge in [-0.15, -0.1) is 0 Å². The Morgan fingerprint density at radius 3 is 2.21 bits per heavy atom. The van der Waals surface area contributed by atoms with Crippen molar-refractivity contribution < 1.29 is 9.13 Å². The molecule has 1 aromatic carbocycles. The molecule has 2 aromatic rings. The zero-order chi connectivity index (χ0) is 19.2. The maximum Gasteiger partial charge on any atom is 0.250 e. The molecule has 0 spiro atoms. The van der Waals surface area contributed by atoms with Crippen LogP contribution in [0.4, 0.5) is 22.2 Å². The van der Waals surface area contributed by atoms with Crippen LogP contribution in [-0.4, -0.2) is 60.6 Å². The van der Waals surface area contributed by atoms with Crippen molar-refractivity contribution in [1.82, 2.24) is 15.0 Å². The number of hydrazone groups is 1. The summed E-state index contributed by atoms with van der Waals surface area (Å²) in [5.74, 6) is 1.44. The van der Waals surface area contributed by atoms with Crippen LogP contribution in [0.25, 0.3) is 0 Å². The highest BCUT2D eigenvalue weighted by Crippen LogP contribution is 2.21.